The van der Waals surface area contributed by atoms with Crippen molar-refractivity contribution in [1.82, 2.24) is 4.90 Å². The summed E-state index contributed by atoms with van der Waals surface area (Å²) < 4.78 is 10.1. The van der Waals surface area contributed by atoms with Crippen molar-refractivity contribution in [2.45, 2.75) is 26.4 Å². The van der Waals surface area contributed by atoms with Crippen LogP contribution in [-0.4, -0.2) is 55.9 Å². The third-order valence-corrected chi connectivity index (χ3v) is 3.81. The summed E-state index contributed by atoms with van der Waals surface area (Å²) >= 11 is 0. The molecule has 0 atom stereocenters. The van der Waals surface area contributed by atoms with Gasteiger partial charge in [-0.05, 0) is 39.0 Å². The lowest BCUT2D eigenvalue weighted by molar-refractivity contribution is 0.0240. The molecule has 1 fully saturated rings. The predicted molar refractivity (Wildman–Crippen MR) is 92.5 cm³/mol. The lowest BCUT2D eigenvalue weighted by Gasteiger charge is -2.37. The van der Waals surface area contributed by atoms with Gasteiger partial charge in [-0.2, -0.15) is 5.26 Å². The summed E-state index contributed by atoms with van der Waals surface area (Å²) in [6.45, 7) is 7.71. The monoisotopic (exact) mass is 345 g/mol. The number of rotatable bonds is 2. The molecule has 0 N–H and O–H groups in total. The Balaban J connectivity index is 2.07. The van der Waals surface area contributed by atoms with E-state index in [0.29, 0.717) is 37.3 Å². The van der Waals surface area contributed by atoms with Gasteiger partial charge in [-0.3, -0.25) is 0 Å². The molecule has 7 heteroatoms. The smallest absolute Gasteiger partial charge is 0.410 e. The Morgan fingerprint density at radius 2 is 1.80 bits per heavy atom. The molecule has 1 aromatic carbocycles. The van der Waals surface area contributed by atoms with Crippen LogP contribution in [0, 0.1) is 11.3 Å². The minimum atomic E-state index is -0.522. The van der Waals surface area contributed by atoms with Gasteiger partial charge in [0.25, 0.3) is 0 Å². The molecule has 0 spiro atoms. The van der Waals surface area contributed by atoms with Crippen LogP contribution in [0.2, 0.25) is 0 Å². The molecule has 134 valence electrons. The lowest BCUT2D eigenvalue weighted by Crippen LogP contribution is -2.50. The van der Waals surface area contributed by atoms with Crippen LogP contribution in [0.4, 0.5) is 10.5 Å². The van der Waals surface area contributed by atoms with Gasteiger partial charge in [0.1, 0.15) is 11.7 Å². The number of carbonyl (C=O) groups is 2. The molecule has 25 heavy (non-hydrogen) atoms. The number of hydrogen-bond donors (Lipinski definition) is 0. The predicted octanol–water partition coefficient (Wildman–Crippen LogP) is 2.40. The first kappa shape index (κ1) is 18.6. The molecule has 1 amide bonds. The number of nitriles is 1. The van der Waals surface area contributed by atoms with Gasteiger partial charge in [0.15, 0.2) is 0 Å². The van der Waals surface area contributed by atoms with Gasteiger partial charge in [-0.15, -0.1) is 0 Å². The van der Waals surface area contributed by atoms with E-state index in [2.05, 4.69) is 10.8 Å². The highest BCUT2D eigenvalue weighted by atomic mass is 16.6. The molecule has 0 radical (unpaired) electrons. The standard InChI is InChI=1S/C18H23N3O4/c1-18(2,3)25-17(23)21-9-7-20(8-10-21)15-6-5-13(16(22)24-4)11-14(15)12-19/h5-6,11H,7-10H2,1-4H3. The Morgan fingerprint density at radius 3 is 2.32 bits per heavy atom. The molecule has 2 rings (SSSR count). The summed E-state index contributed by atoms with van der Waals surface area (Å²) in [7, 11) is 1.30. The fourth-order valence-electron chi connectivity index (χ4n) is 2.60. The van der Waals surface area contributed by atoms with E-state index in [1.165, 1.54) is 13.2 Å². The van der Waals surface area contributed by atoms with E-state index in [1.54, 1.807) is 17.0 Å². The van der Waals surface area contributed by atoms with E-state index in [1.807, 2.05) is 25.7 Å². The summed E-state index contributed by atoms with van der Waals surface area (Å²) in [6, 6.07) is 7.04. The Bertz CT molecular complexity index is 695. The fourth-order valence-corrected chi connectivity index (χ4v) is 2.60. The van der Waals surface area contributed by atoms with E-state index in [-0.39, 0.29) is 6.09 Å². The highest BCUT2D eigenvalue weighted by molar-refractivity contribution is 5.90. The molecular formula is C18H23N3O4. The summed E-state index contributed by atoms with van der Waals surface area (Å²) in [5.41, 5.74) is 0.981. The summed E-state index contributed by atoms with van der Waals surface area (Å²) in [5, 5.41) is 9.38. The maximum atomic E-state index is 12.1. The zero-order valence-electron chi connectivity index (χ0n) is 15.0. The van der Waals surface area contributed by atoms with Crippen molar-refractivity contribution in [3.63, 3.8) is 0 Å². The Labute approximate surface area is 147 Å². The van der Waals surface area contributed by atoms with E-state index < -0.39 is 11.6 Å². The van der Waals surface area contributed by atoms with Crippen LogP contribution < -0.4 is 4.90 Å². The van der Waals surface area contributed by atoms with Crippen LogP contribution in [0.1, 0.15) is 36.7 Å². The normalized spacial score (nSPS) is 14.7. The number of amides is 1. The number of piperazine rings is 1. The topological polar surface area (TPSA) is 82.9 Å². The van der Waals surface area contributed by atoms with Gasteiger partial charge in [-0.25, -0.2) is 9.59 Å². The maximum Gasteiger partial charge on any atom is 0.410 e. The van der Waals surface area contributed by atoms with Gasteiger partial charge < -0.3 is 19.3 Å². The molecule has 0 aliphatic carbocycles. The number of carbonyl (C=O) groups excluding carboxylic acids is 2. The second-order valence-corrected chi connectivity index (χ2v) is 6.79. The summed E-state index contributed by atoms with van der Waals surface area (Å²) in [5.74, 6) is -0.474. The lowest BCUT2D eigenvalue weighted by atomic mass is 10.1. The van der Waals surface area contributed by atoms with Gasteiger partial charge in [0.2, 0.25) is 0 Å². The van der Waals surface area contributed by atoms with Gasteiger partial charge in [0, 0.05) is 26.2 Å². The van der Waals surface area contributed by atoms with Crippen LogP contribution in [0.25, 0.3) is 0 Å². The van der Waals surface area contributed by atoms with Crippen LogP contribution in [-0.2, 0) is 9.47 Å². The molecule has 0 aromatic heterocycles. The van der Waals surface area contributed by atoms with E-state index in [0.717, 1.165) is 5.69 Å². The first-order chi connectivity index (χ1) is 11.7. The second-order valence-electron chi connectivity index (χ2n) is 6.79. The molecule has 0 unspecified atom stereocenters. The van der Waals surface area contributed by atoms with Crippen LogP contribution in [0.5, 0.6) is 0 Å². The van der Waals surface area contributed by atoms with Gasteiger partial charge in [-0.1, -0.05) is 0 Å². The molecule has 0 saturated carbocycles. The van der Waals surface area contributed by atoms with E-state index in [9.17, 15) is 14.9 Å². The number of methoxy groups -OCH3 is 1. The summed E-state index contributed by atoms with van der Waals surface area (Å²) in [6.07, 6.45) is -0.325. The Kier molecular flexibility index (Phi) is 5.52. The van der Waals surface area contributed by atoms with Crippen LogP contribution >= 0.6 is 0 Å². The highest BCUT2D eigenvalue weighted by Gasteiger charge is 2.26. The minimum absolute atomic E-state index is 0.325. The van der Waals surface area contributed by atoms with Crippen molar-refractivity contribution in [1.29, 1.82) is 5.26 Å². The van der Waals surface area contributed by atoms with E-state index in [4.69, 9.17) is 4.74 Å². The van der Waals surface area contributed by atoms with Crippen molar-refractivity contribution in [2.75, 3.05) is 38.2 Å². The quantitative estimate of drug-likeness (QED) is 0.766. The third kappa shape index (κ3) is 4.63. The molecule has 1 saturated heterocycles. The highest BCUT2D eigenvalue weighted by Crippen LogP contribution is 2.24. The van der Waals surface area contributed by atoms with Gasteiger partial charge >= 0.3 is 12.1 Å². The number of ether oxygens (including phenoxy) is 2. The number of benzene rings is 1. The Hall–Kier alpha value is -2.75. The average molecular weight is 345 g/mol. The van der Waals surface area contributed by atoms with Crippen molar-refractivity contribution in [2.24, 2.45) is 0 Å². The number of hydrogen-bond acceptors (Lipinski definition) is 6. The minimum Gasteiger partial charge on any atom is -0.465 e. The van der Waals surface area contributed by atoms with Crippen LogP contribution in [0.15, 0.2) is 18.2 Å². The van der Waals surface area contributed by atoms with Crippen molar-refractivity contribution in [3.05, 3.63) is 29.3 Å². The van der Waals surface area contributed by atoms with Crippen molar-refractivity contribution in [3.8, 4) is 6.07 Å². The molecule has 7 nitrogen and oxygen atoms in total. The average Bonchev–Trinajstić information content (AvgIpc) is 2.59. The molecule has 1 aliphatic rings. The van der Waals surface area contributed by atoms with Crippen LogP contribution in [0.3, 0.4) is 0 Å². The molecular weight excluding hydrogens is 322 g/mol. The maximum absolute atomic E-state index is 12.1. The molecule has 1 heterocycles. The van der Waals surface area contributed by atoms with Gasteiger partial charge in [0.05, 0.1) is 23.9 Å². The number of anilines is 1. The largest absolute Gasteiger partial charge is 0.465 e. The summed E-state index contributed by atoms with van der Waals surface area (Å²) in [4.78, 5) is 27.4. The molecule has 1 aliphatic heterocycles. The fraction of sp³-hybridized carbons (Fsp3) is 0.500. The molecule has 1 aromatic rings. The third-order valence-electron chi connectivity index (χ3n) is 3.81. The number of esters is 1. The SMILES string of the molecule is COC(=O)c1ccc(N2CCN(C(=O)OC(C)(C)C)CC2)c(C#N)c1. The molecule has 0 bridgehead atoms. The second kappa shape index (κ2) is 7.43. The zero-order valence-corrected chi connectivity index (χ0v) is 15.0. The van der Waals surface area contributed by atoms with Crippen molar-refractivity contribution < 1.29 is 19.1 Å². The van der Waals surface area contributed by atoms with Crippen molar-refractivity contribution >= 4 is 17.7 Å². The first-order valence-electron chi connectivity index (χ1n) is 8.10. The number of nitrogens with zero attached hydrogens (tertiary/aromatic N) is 3. The Morgan fingerprint density at radius 1 is 1.16 bits per heavy atom. The first-order valence-corrected chi connectivity index (χ1v) is 8.10. The zero-order chi connectivity index (χ0) is 18.6. The van der Waals surface area contributed by atoms with E-state index >= 15 is 0 Å².